The van der Waals surface area contributed by atoms with Crippen molar-refractivity contribution in [1.82, 2.24) is 0 Å². The molecule has 0 aromatic heterocycles. The van der Waals surface area contributed by atoms with E-state index in [1.165, 1.54) is 20.0 Å². The summed E-state index contributed by atoms with van der Waals surface area (Å²) in [5.41, 5.74) is 0.460. The maximum atomic E-state index is 12.6. The zero-order valence-electron chi connectivity index (χ0n) is 15.8. The number of esters is 1. The zero-order chi connectivity index (χ0) is 18.0. The topological polar surface area (TPSA) is 35.5 Å². The van der Waals surface area contributed by atoms with Gasteiger partial charge >= 0.3 is 5.97 Å². The van der Waals surface area contributed by atoms with Crippen LogP contribution in [-0.2, 0) is 26.1 Å². The lowest BCUT2D eigenvalue weighted by atomic mass is 9.71. The molecule has 2 unspecified atom stereocenters. The van der Waals surface area contributed by atoms with Crippen LogP contribution in [-0.4, -0.2) is 24.1 Å². The van der Waals surface area contributed by atoms with Gasteiger partial charge in [-0.15, -0.1) is 0 Å². The third kappa shape index (κ3) is 3.90. The lowest BCUT2D eigenvalue weighted by Gasteiger charge is -2.33. The van der Waals surface area contributed by atoms with Gasteiger partial charge in [0.15, 0.2) is 21.7 Å². The van der Waals surface area contributed by atoms with Crippen LogP contribution in [0, 0.1) is 5.92 Å². The molecule has 0 amide bonds. The number of carbonyl (C=O) groups is 1. The maximum Gasteiger partial charge on any atom is 0.316 e. The van der Waals surface area contributed by atoms with Gasteiger partial charge in [0.1, 0.15) is 6.26 Å². The van der Waals surface area contributed by atoms with Crippen LogP contribution in [0.1, 0.15) is 58.9 Å². The molecular weight excluding hydrogens is 320 g/mol. The minimum absolute atomic E-state index is 0.114. The van der Waals surface area contributed by atoms with Gasteiger partial charge in [0, 0.05) is 0 Å². The Balaban J connectivity index is 2.24. The molecule has 0 radical (unpaired) electrons. The van der Waals surface area contributed by atoms with Crippen molar-refractivity contribution in [2.24, 2.45) is 5.92 Å². The Hall–Kier alpha value is -1.16. The van der Waals surface area contributed by atoms with Gasteiger partial charge in [0.2, 0.25) is 0 Å². The SMILES string of the molecule is COC(=O)C(C)(c1ccc(O[S+](C)C(C)(C)C)cc1)C1CCCC1. The predicted molar refractivity (Wildman–Crippen MR) is 101 cm³/mol. The molecule has 134 valence electrons. The van der Waals surface area contributed by atoms with Crippen molar-refractivity contribution in [2.45, 2.75) is 63.5 Å². The Kier molecular flexibility index (Phi) is 5.90. The molecule has 2 atom stereocenters. The largest absolute Gasteiger partial charge is 0.468 e. The number of benzene rings is 1. The lowest BCUT2D eigenvalue weighted by Crippen LogP contribution is -2.40. The van der Waals surface area contributed by atoms with E-state index >= 15 is 0 Å². The fourth-order valence-corrected chi connectivity index (χ4v) is 4.01. The van der Waals surface area contributed by atoms with Crippen LogP contribution in [0.3, 0.4) is 0 Å². The standard InChI is InChI=1S/C20H31O3S/c1-19(2,3)24(6)23-17-13-11-16(12-14-17)20(4,18(21)22-5)15-9-7-8-10-15/h11-15H,7-10H2,1-6H3/q+1. The first-order valence-electron chi connectivity index (χ1n) is 8.73. The highest BCUT2D eigenvalue weighted by molar-refractivity contribution is 7.93. The Morgan fingerprint density at radius 2 is 1.62 bits per heavy atom. The fraction of sp³-hybridized carbons (Fsp3) is 0.650. The second-order valence-electron chi connectivity index (χ2n) is 7.85. The summed E-state index contributed by atoms with van der Waals surface area (Å²) in [6.07, 6.45) is 6.69. The van der Waals surface area contributed by atoms with Gasteiger partial charge in [0.25, 0.3) is 0 Å². The van der Waals surface area contributed by atoms with Crippen LogP contribution in [0.4, 0.5) is 0 Å². The highest BCUT2D eigenvalue weighted by Gasteiger charge is 2.45. The number of rotatable bonds is 5. The van der Waals surface area contributed by atoms with Gasteiger partial charge in [-0.25, -0.2) is 0 Å². The summed E-state index contributed by atoms with van der Waals surface area (Å²) in [4.78, 5) is 12.6. The Morgan fingerprint density at radius 3 is 2.08 bits per heavy atom. The smallest absolute Gasteiger partial charge is 0.316 e. The Morgan fingerprint density at radius 1 is 1.08 bits per heavy atom. The summed E-state index contributed by atoms with van der Waals surface area (Å²) in [5, 5.41) is 0. The van der Waals surface area contributed by atoms with E-state index in [0.29, 0.717) is 5.92 Å². The van der Waals surface area contributed by atoms with E-state index in [2.05, 4.69) is 27.0 Å². The summed E-state index contributed by atoms with van der Waals surface area (Å²) in [6, 6.07) is 8.04. The summed E-state index contributed by atoms with van der Waals surface area (Å²) in [6.45, 7) is 8.57. The molecule has 1 saturated carbocycles. The molecule has 0 bridgehead atoms. The second-order valence-corrected chi connectivity index (χ2v) is 10.1. The lowest BCUT2D eigenvalue weighted by molar-refractivity contribution is -0.149. The maximum absolute atomic E-state index is 12.6. The van der Waals surface area contributed by atoms with Crippen LogP contribution < -0.4 is 4.18 Å². The molecule has 1 aromatic rings. The predicted octanol–water partition coefficient (Wildman–Crippen LogP) is 4.65. The van der Waals surface area contributed by atoms with E-state index in [0.717, 1.165) is 24.2 Å². The molecule has 3 nitrogen and oxygen atoms in total. The van der Waals surface area contributed by atoms with Crippen molar-refractivity contribution in [3.8, 4) is 5.75 Å². The third-order valence-electron chi connectivity index (χ3n) is 5.32. The first kappa shape index (κ1) is 19.2. The molecule has 0 spiro atoms. The molecular formula is C20H31O3S+. The molecule has 1 aliphatic carbocycles. The number of hydrogen-bond acceptors (Lipinski definition) is 3. The Bertz CT molecular complexity index is 555. The van der Waals surface area contributed by atoms with Crippen molar-refractivity contribution in [3.05, 3.63) is 29.8 Å². The minimum atomic E-state index is -0.568. The van der Waals surface area contributed by atoms with Crippen molar-refractivity contribution in [2.75, 3.05) is 13.4 Å². The van der Waals surface area contributed by atoms with Gasteiger partial charge in [-0.3, -0.25) is 8.98 Å². The van der Waals surface area contributed by atoms with Crippen molar-refractivity contribution >= 4 is 17.1 Å². The van der Waals surface area contributed by atoms with Crippen molar-refractivity contribution < 1.29 is 13.7 Å². The van der Waals surface area contributed by atoms with Crippen LogP contribution >= 0.6 is 0 Å². The van der Waals surface area contributed by atoms with E-state index in [-0.39, 0.29) is 21.9 Å². The average molecular weight is 352 g/mol. The van der Waals surface area contributed by atoms with Crippen molar-refractivity contribution in [3.63, 3.8) is 0 Å². The molecule has 1 fully saturated rings. The minimum Gasteiger partial charge on any atom is -0.468 e. The van der Waals surface area contributed by atoms with Crippen LogP contribution in [0.15, 0.2) is 24.3 Å². The quantitative estimate of drug-likeness (QED) is 0.572. The number of methoxy groups -OCH3 is 1. The Labute approximate surface area is 149 Å². The van der Waals surface area contributed by atoms with Gasteiger partial charge in [-0.2, -0.15) is 0 Å². The molecule has 1 aliphatic rings. The van der Waals surface area contributed by atoms with E-state index in [4.69, 9.17) is 8.92 Å². The highest BCUT2D eigenvalue weighted by atomic mass is 32.2. The summed E-state index contributed by atoms with van der Waals surface area (Å²) >= 11 is -0.170. The molecule has 0 saturated heterocycles. The average Bonchev–Trinajstić information content (AvgIpc) is 3.08. The molecule has 0 N–H and O–H groups in total. The van der Waals surface area contributed by atoms with Gasteiger partial charge in [0.05, 0.1) is 12.5 Å². The van der Waals surface area contributed by atoms with Crippen LogP contribution in [0.25, 0.3) is 0 Å². The molecule has 4 heteroatoms. The second kappa shape index (κ2) is 7.38. The van der Waals surface area contributed by atoms with E-state index < -0.39 is 5.41 Å². The van der Waals surface area contributed by atoms with Gasteiger partial charge in [-0.05, 0) is 64.2 Å². The normalized spacial score (nSPS) is 19.6. The summed E-state index contributed by atoms with van der Waals surface area (Å²) in [5.74, 6) is 1.08. The van der Waals surface area contributed by atoms with E-state index in [9.17, 15) is 4.79 Å². The first-order chi connectivity index (χ1) is 11.2. The molecule has 0 aliphatic heterocycles. The van der Waals surface area contributed by atoms with E-state index in [1.807, 2.05) is 31.2 Å². The van der Waals surface area contributed by atoms with E-state index in [1.54, 1.807) is 0 Å². The van der Waals surface area contributed by atoms with Crippen molar-refractivity contribution in [1.29, 1.82) is 0 Å². The van der Waals surface area contributed by atoms with Gasteiger partial charge in [-0.1, -0.05) is 25.0 Å². The number of carbonyl (C=O) groups excluding carboxylic acids is 1. The number of hydrogen-bond donors (Lipinski definition) is 0. The van der Waals surface area contributed by atoms with Crippen LogP contribution in [0.5, 0.6) is 5.75 Å². The zero-order valence-corrected chi connectivity index (χ0v) is 16.7. The summed E-state index contributed by atoms with van der Waals surface area (Å²) < 4.78 is 11.3. The molecule has 0 heterocycles. The molecule has 1 aromatic carbocycles. The summed E-state index contributed by atoms with van der Waals surface area (Å²) in [7, 11) is 1.49. The fourth-order valence-electron chi connectivity index (χ4n) is 3.36. The highest BCUT2D eigenvalue weighted by Crippen LogP contribution is 2.43. The molecule has 24 heavy (non-hydrogen) atoms. The van der Waals surface area contributed by atoms with Gasteiger partial charge < -0.3 is 4.74 Å². The monoisotopic (exact) mass is 351 g/mol. The third-order valence-corrected chi connectivity index (χ3v) is 7.49. The number of ether oxygens (including phenoxy) is 1. The van der Waals surface area contributed by atoms with Crippen LogP contribution in [0.2, 0.25) is 0 Å². The first-order valence-corrected chi connectivity index (χ1v) is 10.3. The molecule has 2 rings (SSSR count).